The van der Waals surface area contributed by atoms with Gasteiger partial charge in [0.25, 0.3) is 0 Å². The average Bonchev–Trinajstić information content (AvgIpc) is 2.77. The van der Waals surface area contributed by atoms with E-state index in [-0.39, 0.29) is 35.7 Å². The van der Waals surface area contributed by atoms with E-state index in [0.29, 0.717) is 12.0 Å². The molecule has 4 rings (SSSR count). The summed E-state index contributed by atoms with van der Waals surface area (Å²) in [6.45, 7) is 0. The third kappa shape index (κ3) is 4.10. The summed E-state index contributed by atoms with van der Waals surface area (Å²) in [5.74, 6) is -1.30. The van der Waals surface area contributed by atoms with E-state index in [4.69, 9.17) is 9.47 Å². The molecule has 1 heterocycles. The van der Waals surface area contributed by atoms with Crippen molar-refractivity contribution in [2.24, 2.45) is 0 Å². The second-order valence-corrected chi connectivity index (χ2v) is 7.45. The number of carbonyl (C=O) groups excluding carboxylic acids is 2. The first-order chi connectivity index (χ1) is 15.0. The number of hydrogen-bond acceptors (Lipinski definition) is 6. The molecule has 0 amide bonds. The number of rotatable bonds is 6. The van der Waals surface area contributed by atoms with Crippen molar-refractivity contribution in [1.82, 2.24) is 0 Å². The van der Waals surface area contributed by atoms with Gasteiger partial charge in [-0.1, -0.05) is 42.5 Å². The Hall–Kier alpha value is -3.80. The van der Waals surface area contributed by atoms with E-state index in [0.717, 1.165) is 22.9 Å². The van der Waals surface area contributed by atoms with Crippen LogP contribution in [0.2, 0.25) is 0 Å². The van der Waals surface area contributed by atoms with E-state index >= 15 is 0 Å². The molecule has 0 spiro atoms. The first-order valence-corrected chi connectivity index (χ1v) is 9.98. The molecule has 0 bridgehead atoms. The molecular weight excluding hydrogens is 396 g/mol. The van der Waals surface area contributed by atoms with E-state index in [2.05, 4.69) is 0 Å². The molecule has 1 unspecified atom stereocenters. The van der Waals surface area contributed by atoms with Crippen LogP contribution in [0, 0.1) is 0 Å². The fourth-order valence-corrected chi connectivity index (χ4v) is 3.93. The molecule has 0 saturated carbocycles. The number of phenols is 2. The molecule has 158 valence electrons. The van der Waals surface area contributed by atoms with Gasteiger partial charge < -0.3 is 19.7 Å². The Morgan fingerprint density at radius 3 is 2.45 bits per heavy atom. The maximum absolute atomic E-state index is 13.0. The molecule has 6 heteroatoms. The molecule has 0 radical (unpaired) electrons. The number of Topliss-reactive ketones (excluding diaryl/α,β-unsaturated/α-hetero) is 1. The summed E-state index contributed by atoms with van der Waals surface area (Å²) in [5, 5.41) is 21.0. The Bertz CT molecular complexity index is 1120. The highest BCUT2D eigenvalue weighted by Crippen LogP contribution is 2.48. The summed E-state index contributed by atoms with van der Waals surface area (Å²) >= 11 is 0. The summed E-state index contributed by atoms with van der Waals surface area (Å²) in [6.07, 6.45) is 0.577. The summed E-state index contributed by atoms with van der Waals surface area (Å²) in [4.78, 5) is 25.4. The Balaban J connectivity index is 1.68. The molecule has 3 aromatic rings. The van der Waals surface area contributed by atoms with Crippen molar-refractivity contribution in [3.63, 3.8) is 0 Å². The zero-order valence-electron chi connectivity index (χ0n) is 17.0. The topological polar surface area (TPSA) is 93.1 Å². The molecule has 0 aromatic heterocycles. The lowest BCUT2D eigenvalue weighted by Gasteiger charge is -2.27. The Morgan fingerprint density at radius 1 is 1.06 bits per heavy atom. The molecule has 6 nitrogen and oxygen atoms in total. The molecule has 3 aromatic carbocycles. The van der Waals surface area contributed by atoms with Gasteiger partial charge in [0.1, 0.15) is 22.8 Å². The largest absolute Gasteiger partial charge is 0.507 e. The monoisotopic (exact) mass is 418 g/mol. The van der Waals surface area contributed by atoms with Gasteiger partial charge >= 0.3 is 5.97 Å². The number of aromatic hydroxyl groups is 2. The number of ketones is 1. The number of aryl methyl sites for hydroxylation is 1. The lowest BCUT2D eigenvalue weighted by Crippen LogP contribution is -2.23. The summed E-state index contributed by atoms with van der Waals surface area (Å²) in [7, 11) is 1.58. The highest BCUT2D eigenvalue weighted by atomic mass is 16.5. The van der Waals surface area contributed by atoms with E-state index in [1.165, 1.54) is 0 Å². The smallest absolute Gasteiger partial charge is 0.312 e. The highest BCUT2D eigenvalue weighted by Gasteiger charge is 2.36. The SMILES string of the molecule is COc1ccc(CCC(=O)c2c(O)cc(O)c3c2OC(=O)CC3c2ccccc2)cc1. The molecule has 0 saturated heterocycles. The Morgan fingerprint density at radius 2 is 1.77 bits per heavy atom. The highest BCUT2D eigenvalue weighted by molar-refractivity contribution is 6.03. The van der Waals surface area contributed by atoms with Crippen LogP contribution in [0.25, 0.3) is 0 Å². The van der Waals surface area contributed by atoms with Gasteiger partial charge in [0.2, 0.25) is 0 Å². The third-order valence-electron chi connectivity index (χ3n) is 5.49. The standard InChI is InChI=1S/C25H22O6/c1-30-17-10-7-15(8-11-17)9-12-19(26)24-21(28)14-20(27)23-18(13-22(29)31-25(23)24)16-5-3-2-4-6-16/h2-8,10-11,14,18,27-28H,9,12-13H2,1H3. The fourth-order valence-electron chi connectivity index (χ4n) is 3.93. The zero-order chi connectivity index (χ0) is 22.0. The first-order valence-electron chi connectivity index (χ1n) is 9.98. The number of ether oxygens (including phenoxy) is 2. The molecule has 1 atom stereocenters. The van der Waals surface area contributed by atoms with Crippen molar-refractivity contribution < 1.29 is 29.3 Å². The lowest BCUT2D eigenvalue weighted by atomic mass is 9.83. The van der Waals surface area contributed by atoms with Crippen molar-refractivity contribution in [1.29, 1.82) is 0 Å². The number of methoxy groups -OCH3 is 1. The average molecular weight is 418 g/mol. The zero-order valence-corrected chi connectivity index (χ0v) is 17.0. The second kappa shape index (κ2) is 8.52. The Kier molecular flexibility index (Phi) is 5.62. The van der Waals surface area contributed by atoms with E-state index in [1.54, 1.807) is 7.11 Å². The van der Waals surface area contributed by atoms with E-state index < -0.39 is 17.6 Å². The number of hydrogen-bond donors (Lipinski definition) is 2. The molecule has 2 N–H and O–H groups in total. The number of benzene rings is 3. The van der Waals surface area contributed by atoms with Crippen molar-refractivity contribution in [2.45, 2.75) is 25.2 Å². The van der Waals surface area contributed by atoms with Gasteiger partial charge in [0.15, 0.2) is 11.5 Å². The van der Waals surface area contributed by atoms with Gasteiger partial charge in [-0.2, -0.15) is 0 Å². The van der Waals surface area contributed by atoms with Crippen LogP contribution in [0.5, 0.6) is 23.0 Å². The number of esters is 1. The van der Waals surface area contributed by atoms with Crippen molar-refractivity contribution in [3.05, 3.63) is 82.9 Å². The molecule has 0 fully saturated rings. The van der Waals surface area contributed by atoms with Gasteiger partial charge in [0, 0.05) is 24.0 Å². The van der Waals surface area contributed by atoms with Crippen LogP contribution < -0.4 is 9.47 Å². The summed E-state index contributed by atoms with van der Waals surface area (Å²) in [5.41, 5.74) is 2.02. The molecule has 31 heavy (non-hydrogen) atoms. The molecular formula is C25H22O6. The first kappa shape index (κ1) is 20.5. The van der Waals surface area contributed by atoms with Crippen LogP contribution >= 0.6 is 0 Å². The maximum Gasteiger partial charge on any atom is 0.312 e. The molecule has 1 aliphatic heterocycles. The molecule has 1 aliphatic rings. The lowest BCUT2D eigenvalue weighted by molar-refractivity contribution is -0.135. The van der Waals surface area contributed by atoms with Crippen molar-refractivity contribution >= 4 is 11.8 Å². The quantitative estimate of drug-likeness (QED) is 0.351. The normalized spacial score (nSPS) is 15.1. The van der Waals surface area contributed by atoms with Crippen LogP contribution in [0.3, 0.4) is 0 Å². The predicted octanol–water partition coefficient (Wildman–Crippen LogP) is 4.36. The summed E-state index contributed by atoms with van der Waals surface area (Å²) < 4.78 is 10.5. The maximum atomic E-state index is 13.0. The van der Waals surface area contributed by atoms with Crippen LogP contribution in [0.15, 0.2) is 60.7 Å². The molecule has 0 aliphatic carbocycles. The van der Waals surface area contributed by atoms with Crippen LogP contribution in [-0.4, -0.2) is 29.1 Å². The van der Waals surface area contributed by atoms with Crippen LogP contribution in [0.4, 0.5) is 0 Å². The van der Waals surface area contributed by atoms with Gasteiger partial charge in [-0.3, -0.25) is 9.59 Å². The van der Waals surface area contributed by atoms with E-state index in [9.17, 15) is 19.8 Å². The van der Waals surface area contributed by atoms with Crippen molar-refractivity contribution in [2.75, 3.05) is 7.11 Å². The van der Waals surface area contributed by atoms with Gasteiger partial charge in [-0.15, -0.1) is 0 Å². The minimum absolute atomic E-state index is 0.0365. The van der Waals surface area contributed by atoms with Gasteiger partial charge in [-0.25, -0.2) is 0 Å². The third-order valence-corrected chi connectivity index (χ3v) is 5.49. The second-order valence-electron chi connectivity index (χ2n) is 7.45. The minimum atomic E-state index is -0.518. The van der Waals surface area contributed by atoms with Gasteiger partial charge in [-0.05, 0) is 29.7 Å². The van der Waals surface area contributed by atoms with Crippen LogP contribution in [0.1, 0.15) is 45.8 Å². The summed E-state index contributed by atoms with van der Waals surface area (Å²) in [6, 6.07) is 17.7. The van der Waals surface area contributed by atoms with Crippen molar-refractivity contribution in [3.8, 4) is 23.0 Å². The fraction of sp³-hybridized carbons (Fsp3) is 0.200. The number of fused-ring (bicyclic) bond motifs is 1. The number of phenolic OH excluding ortho intramolecular Hbond substituents is 2. The van der Waals surface area contributed by atoms with Crippen LogP contribution in [-0.2, 0) is 11.2 Å². The predicted molar refractivity (Wildman–Crippen MR) is 114 cm³/mol. The van der Waals surface area contributed by atoms with Gasteiger partial charge in [0.05, 0.1) is 13.5 Å². The van der Waals surface area contributed by atoms with E-state index in [1.807, 2.05) is 54.6 Å². The minimum Gasteiger partial charge on any atom is -0.507 e. The Labute approximate surface area is 179 Å². The number of carbonyl (C=O) groups is 2.